The fraction of sp³-hybridized carbons (Fsp3) is 0.471. The predicted molar refractivity (Wildman–Crippen MR) is 92.1 cm³/mol. The van der Waals surface area contributed by atoms with Crippen LogP contribution in [0.5, 0.6) is 0 Å². The van der Waals surface area contributed by atoms with Crippen molar-refractivity contribution in [2.75, 3.05) is 0 Å². The van der Waals surface area contributed by atoms with Crippen molar-refractivity contribution in [2.24, 2.45) is 7.05 Å². The fourth-order valence-electron chi connectivity index (χ4n) is 2.89. The molecule has 126 valence electrons. The molecule has 0 bridgehead atoms. The fourth-order valence-corrected chi connectivity index (χ4v) is 4.72. The molecule has 0 saturated heterocycles. The summed E-state index contributed by atoms with van der Waals surface area (Å²) in [4.78, 5) is 0.397. The average Bonchev–Trinajstić information content (AvgIpc) is 2.89. The predicted octanol–water partition coefficient (Wildman–Crippen LogP) is 3.00. The maximum Gasteiger partial charge on any atom is 0.241 e. The van der Waals surface area contributed by atoms with Crippen molar-refractivity contribution < 1.29 is 8.42 Å². The van der Waals surface area contributed by atoms with Gasteiger partial charge in [-0.25, -0.2) is 13.1 Å². The highest BCUT2D eigenvalue weighted by molar-refractivity contribution is 7.89. The molecule has 0 aliphatic carbocycles. The van der Waals surface area contributed by atoms with Crippen molar-refractivity contribution in [2.45, 2.75) is 52.5 Å². The summed E-state index contributed by atoms with van der Waals surface area (Å²) in [5.74, 6) is 0. The first-order chi connectivity index (χ1) is 10.6. The first kappa shape index (κ1) is 17.7. The van der Waals surface area contributed by atoms with E-state index in [0.29, 0.717) is 4.90 Å². The van der Waals surface area contributed by atoms with Crippen LogP contribution in [-0.2, 0) is 17.1 Å². The highest BCUT2D eigenvalue weighted by atomic mass is 32.2. The van der Waals surface area contributed by atoms with Crippen molar-refractivity contribution in [3.8, 4) is 0 Å². The Kier molecular flexibility index (Phi) is 4.69. The van der Waals surface area contributed by atoms with Gasteiger partial charge in [-0.1, -0.05) is 0 Å². The lowest BCUT2D eigenvalue weighted by Crippen LogP contribution is -2.28. The minimum Gasteiger partial charge on any atom is -0.275 e. The molecule has 1 unspecified atom stereocenters. The summed E-state index contributed by atoms with van der Waals surface area (Å²) < 4.78 is 30.3. The maximum absolute atomic E-state index is 12.9. The van der Waals surface area contributed by atoms with Crippen LogP contribution in [-0.4, -0.2) is 18.2 Å². The number of rotatable bonds is 4. The number of hydrogen-bond donors (Lipinski definition) is 1. The van der Waals surface area contributed by atoms with Crippen molar-refractivity contribution in [3.05, 3.63) is 45.8 Å². The molecule has 0 aliphatic heterocycles. The van der Waals surface area contributed by atoms with Crippen LogP contribution in [0.25, 0.3) is 0 Å². The van der Waals surface area contributed by atoms with Crippen LogP contribution >= 0.6 is 0 Å². The normalized spacial score (nSPS) is 13.3. The number of hydrogen-bond acceptors (Lipinski definition) is 3. The zero-order valence-electron chi connectivity index (χ0n) is 14.9. The van der Waals surface area contributed by atoms with E-state index in [1.165, 1.54) is 0 Å². The Morgan fingerprint density at radius 1 is 1.00 bits per heavy atom. The molecule has 0 amide bonds. The third-order valence-corrected chi connectivity index (χ3v) is 6.57. The summed E-state index contributed by atoms with van der Waals surface area (Å²) in [5.41, 5.74) is 5.68. The lowest BCUT2D eigenvalue weighted by molar-refractivity contribution is 0.565. The van der Waals surface area contributed by atoms with Gasteiger partial charge in [0.1, 0.15) is 0 Å². The molecule has 0 radical (unpaired) electrons. The molecule has 0 fully saturated rings. The molecule has 1 heterocycles. The SMILES string of the molecule is Cc1c(C)c(C)c(S(=O)(=O)NC(C)c2cnn(C)c2)c(C)c1C. The van der Waals surface area contributed by atoms with Gasteiger partial charge in [-0.2, -0.15) is 5.10 Å². The summed E-state index contributed by atoms with van der Waals surface area (Å²) >= 11 is 0. The monoisotopic (exact) mass is 335 g/mol. The molecular weight excluding hydrogens is 310 g/mol. The zero-order chi connectivity index (χ0) is 17.5. The van der Waals surface area contributed by atoms with E-state index in [4.69, 9.17) is 0 Å². The van der Waals surface area contributed by atoms with Gasteiger partial charge in [0.2, 0.25) is 10.0 Å². The molecule has 2 aromatic rings. The Hall–Kier alpha value is -1.66. The summed E-state index contributed by atoms with van der Waals surface area (Å²) in [5, 5.41) is 4.10. The van der Waals surface area contributed by atoms with Gasteiger partial charge in [0.05, 0.1) is 11.1 Å². The highest BCUT2D eigenvalue weighted by Crippen LogP contribution is 2.30. The van der Waals surface area contributed by atoms with Gasteiger partial charge in [0, 0.05) is 24.8 Å². The van der Waals surface area contributed by atoms with E-state index in [2.05, 4.69) is 9.82 Å². The largest absolute Gasteiger partial charge is 0.275 e. The number of nitrogens with one attached hydrogen (secondary N) is 1. The molecule has 0 spiro atoms. The van der Waals surface area contributed by atoms with E-state index in [0.717, 1.165) is 33.4 Å². The molecular formula is C17H25N3O2S. The van der Waals surface area contributed by atoms with Crippen LogP contribution in [0.1, 0.15) is 46.3 Å². The second-order valence-corrected chi connectivity index (χ2v) is 7.90. The Balaban J connectivity index is 2.49. The molecule has 1 aromatic carbocycles. The molecule has 2 rings (SSSR count). The Labute approximate surface area is 138 Å². The Bertz CT molecular complexity index is 822. The number of sulfonamides is 1. The number of aromatic nitrogens is 2. The third-order valence-electron chi connectivity index (χ3n) is 4.76. The standard InChI is InChI=1S/C17H25N3O2S/c1-10-11(2)13(4)17(14(5)12(10)3)23(21,22)19-15(6)16-8-18-20(7)9-16/h8-9,15,19H,1-7H3. The topological polar surface area (TPSA) is 64.0 Å². The van der Waals surface area contributed by atoms with Crippen molar-refractivity contribution in [3.63, 3.8) is 0 Å². The summed E-state index contributed by atoms with van der Waals surface area (Å²) in [7, 11) is -1.80. The maximum atomic E-state index is 12.9. The van der Waals surface area contributed by atoms with Gasteiger partial charge in [0.15, 0.2) is 0 Å². The number of benzene rings is 1. The molecule has 1 atom stereocenters. The molecule has 0 saturated carbocycles. The van der Waals surface area contributed by atoms with Crippen molar-refractivity contribution in [1.82, 2.24) is 14.5 Å². The molecule has 0 aliphatic rings. The summed E-state index contributed by atoms with van der Waals surface area (Å²) in [6.45, 7) is 11.6. The zero-order valence-corrected chi connectivity index (χ0v) is 15.7. The van der Waals surface area contributed by atoms with Gasteiger partial charge in [-0.3, -0.25) is 4.68 Å². The molecule has 23 heavy (non-hydrogen) atoms. The quantitative estimate of drug-likeness (QED) is 0.934. The van der Waals surface area contributed by atoms with Crippen molar-refractivity contribution >= 4 is 10.0 Å². The van der Waals surface area contributed by atoms with Gasteiger partial charge in [0.25, 0.3) is 0 Å². The van der Waals surface area contributed by atoms with Gasteiger partial charge < -0.3 is 0 Å². The number of nitrogens with zero attached hydrogens (tertiary/aromatic N) is 2. The lowest BCUT2D eigenvalue weighted by atomic mass is 9.95. The van der Waals surface area contributed by atoms with Crippen LogP contribution < -0.4 is 4.72 Å². The lowest BCUT2D eigenvalue weighted by Gasteiger charge is -2.20. The smallest absolute Gasteiger partial charge is 0.241 e. The molecule has 5 nitrogen and oxygen atoms in total. The molecule has 6 heteroatoms. The summed E-state index contributed by atoms with van der Waals surface area (Å²) in [6, 6.07) is -0.339. The van der Waals surface area contributed by atoms with E-state index in [9.17, 15) is 8.42 Å². The Morgan fingerprint density at radius 2 is 1.48 bits per heavy atom. The first-order valence-corrected chi connectivity index (χ1v) is 9.12. The van der Waals surface area contributed by atoms with Gasteiger partial charge >= 0.3 is 0 Å². The molecule has 1 aromatic heterocycles. The second kappa shape index (κ2) is 6.09. The first-order valence-electron chi connectivity index (χ1n) is 7.64. The van der Waals surface area contributed by atoms with Crippen LogP contribution in [0.3, 0.4) is 0 Å². The van der Waals surface area contributed by atoms with E-state index in [1.807, 2.05) is 54.8 Å². The van der Waals surface area contributed by atoms with E-state index >= 15 is 0 Å². The van der Waals surface area contributed by atoms with Crippen LogP contribution in [0.4, 0.5) is 0 Å². The average molecular weight is 335 g/mol. The minimum atomic E-state index is -3.61. The number of aryl methyl sites for hydroxylation is 1. The van der Waals surface area contributed by atoms with E-state index in [1.54, 1.807) is 10.9 Å². The van der Waals surface area contributed by atoms with Crippen LogP contribution in [0, 0.1) is 34.6 Å². The van der Waals surface area contributed by atoms with Gasteiger partial charge in [-0.05, 0) is 69.4 Å². The Morgan fingerprint density at radius 3 is 1.91 bits per heavy atom. The van der Waals surface area contributed by atoms with Crippen LogP contribution in [0.2, 0.25) is 0 Å². The van der Waals surface area contributed by atoms with E-state index in [-0.39, 0.29) is 6.04 Å². The van der Waals surface area contributed by atoms with Crippen LogP contribution in [0.15, 0.2) is 17.3 Å². The van der Waals surface area contributed by atoms with E-state index < -0.39 is 10.0 Å². The van der Waals surface area contributed by atoms with Gasteiger partial charge in [-0.15, -0.1) is 0 Å². The highest BCUT2D eigenvalue weighted by Gasteiger charge is 2.25. The molecule has 1 N–H and O–H groups in total. The van der Waals surface area contributed by atoms with Crippen molar-refractivity contribution in [1.29, 1.82) is 0 Å². The third kappa shape index (κ3) is 3.19. The second-order valence-electron chi connectivity index (χ2n) is 6.24. The minimum absolute atomic E-state index is 0.339. The summed E-state index contributed by atoms with van der Waals surface area (Å²) in [6.07, 6.45) is 3.50.